The zero-order chi connectivity index (χ0) is 14.7. The summed E-state index contributed by atoms with van der Waals surface area (Å²) < 4.78 is 8.78. The van der Waals surface area contributed by atoms with E-state index in [1.807, 2.05) is 41.1 Å². The van der Waals surface area contributed by atoms with E-state index in [4.69, 9.17) is 4.74 Å². The van der Waals surface area contributed by atoms with Gasteiger partial charge in [-0.15, -0.1) is 0 Å². The number of fused-ring (bicyclic) bond motifs is 1. The molecule has 0 saturated carbocycles. The first-order valence-corrected chi connectivity index (χ1v) is 7.56. The Morgan fingerprint density at radius 2 is 2.10 bits per heavy atom. The summed E-state index contributed by atoms with van der Waals surface area (Å²) in [5, 5.41) is 3.26. The molecule has 0 atom stereocenters. The molecule has 1 aromatic carbocycles. The monoisotopic (exact) mass is 346 g/mol. The van der Waals surface area contributed by atoms with Crippen LogP contribution in [0.5, 0.6) is 11.6 Å². The second kappa shape index (κ2) is 6.13. The first kappa shape index (κ1) is 13.9. The van der Waals surface area contributed by atoms with Crippen molar-refractivity contribution in [3.8, 4) is 11.6 Å². The Kier molecular flexibility index (Phi) is 4.06. The number of hydrogen-bond acceptors (Lipinski definition) is 4. The van der Waals surface area contributed by atoms with Gasteiger partial charge in [-0.1, -0.05) is 22.9 Å². The molecule has 3 aromatic rings. The minimum absolute atomic E-state index is 0.489. The fraction of sp³-hybridized carbons (Fsp3) is 0.200. The third-order valence-electron chi connectivity index (χ3n) is 2.93. The largest absolute Gasteiger partial charge is 0.436 e. The minimum atomic E-state index is 0.489. The minimum Gasteiger partial charge on any atom is -0.436 e. The van der Waals surface area contributed by atoms with E-state index in [1.165, 1.54) is 0 Å². The van der Waals surface area contributed by atoms with Crippen molar-refractivity contribution in [1.82, 2.24) is 14.4 Å². The van der Waals surface area contributed by atoms with Crippen LogP contribution in [-0.4, -0.2) is 20.9 Å². The molecule has 0 saturated heterocycles. The van der Waals surface area contributed by atoms with Gasteiger partial charge in [0, 0.05) is 23.4 Å². The van der Waals surface area contributed by atoms with Gasteiger partial charge < -0.3 is 10.1 Å². The van der Waals surface area contributed by atoms with Crippen molar-refractivity contribution in [3.05, 3.63) is 47.3 Å². The summed E-state index contributed by atoms with van der Waals surface area (Å²) in [6.45, 7) is 2.98. The highest BCUT2D eigenvalue weighted by molar-refractivity contribution is 9.10. The highest BCUT2D eigenvalue weighted by atomic mass is 79.9. The Labute approximate surface area is 131 Å². The van der Waals surface area contributed by atoms with Gasteiger partial charge in [0.1, 0.15) is 11.6 Å². The number of rotatable bonds is 5. The van der Waals surface area contributed by atoms with Crippen molar-refractivity contribution in [2.24, 2.45) is 0 Å². The van der Waals surface area contributed by atoms with Crippen molar-refractivity contribution in [2.75, 3.05) is 11.9 Å². The summed E-state index contributed by atoms with van der Waals surface area (Å²) in [5.41, 5.74) is 0.694. The van der Waals surface area contributed by atoms with Gasteiger partial charge in [-0.05, 0) is 30.7 Å². The zero-order valence-electron chi connectivity index (χ0n) is 11.6. The van der Waals surface area contributed by atoms with Crippen molar-refractivity contribution in [2.45, 2.75) is 13.3 Å². The van der Waals surface area contributed by atoms with E-state index >= 15 is 0 Å². The second-order valence-electron chi connectivity index (χ2n) is 4.57. The second-order valence-corrected chi connectivity index (χ2v) is 5.49. The van der Waals surface area contributed by atoms with Gasteiger partial charge >= 0.3 is 0 Å². The highest BCUT2D eigenvalue weighted by Crippen LogP contribution is 2.26. The van der Waals surface area contributed by atoms with Crippen LogP contribution in [0.4, 0.5) is 5.82 Å². The molecular weight excluding hydrogens is 332 g/mol. The third-order valence-corrected chi connectivity index (χ3v) is 3.46. The number of benzene rings is 1. The van der Waals surface area contributed by atoms with Crippen LogP contribution in [0.2, 0.25) is 0 Å². The summed E-state index contributed by atoms with van der Waals surface area (Å²) in [6, 6.07) is 7.63. The SMILES string of the molecule is CCCNc1cn2ccnc2c(Oc2ccc(Br)cc2)n1. The lowest BCUT2D eigenvalue weighted by molar-refractivity contribution is 0.465. The van der Waals surface area contributed by atoms with Gasteiger partial charge in [-0.3, -0.25) is 4.40 Å². The van der Waals surface area contributed by atoms with Crippen LogP contribution in [0, 0.1) is 0 Å². The van der Waals surface area contributed by atoms with E-state index in [0.29, 0.717) is 11.5 Å². The molecule has 0 amide bonds. The number of imidazole rings is 1. The summed E-state index contributed by atoms with van der Waals surface area (Å²) in [6.07, 6.45) is 6.55. The van der Waals surface area contributed by atoms with E-state index < -0.39 is 0 Å². The highest BCUT2D eigenvalue weighted by Gasteiger charge is 2.09. The third kappa shape index (κ3) is 3.16. The van der Waals surface area contributed by atoms with Crippen molar-refractivity contribution in [3.63, 3.8) is 0 Å². The zero-order valence-corrected chi connectivity index (χ0v) is 13.2. The van der Waals surface area contributed by atoms with Gasteiger partial charge in [-0.2, -0.15) is 4.98 Å². The first-order valence-electron chi connectivity index (χ1n) is 6.77. The Morgan fingerprint density at radius 1 is 1.29 bits per heavy atom. The smallest absolute Gasteiger partial charge is 0.265 e. The van der Waals surface area contributed by atoms with Crippen LogP contribution in [0.3, 0.4) is 0 Å². The molecule has 6 heteroatoms. The van der Waals surface area contributed by atoms with E-state index in [9.17, 15) is 0 Å². The van der Waals surface area contributed by atoms with Crippen molar-refractivity contribution >= 4 is 27.4 Å². The van der Waals surface area contributed by atoms with Crippen LogP contribution < -0.4 is 10.1 Å². The summed E-state index contributed by atoms with van der Waals surface area (Å²) in [4.78, 5) is 8.79. The van der Waals surface area contributed by atoms with Crippen LogP contribution in [0.1, 0.15) is 13.3 Å². The average Bonchev–Trinajstić information content (AvgIpc) is 2.96. The summed E-state index contributed by atoms with van der Waals surface area (Å²) >= 11 is 3.41. The van der Waals surface area contributed by atoms with E-state index in [-0.39, 0.29) is 0 Å². The molecular formula is C15H15BrN4O. The van der Waals surface area contributed by atoms with Gasteiger partial charge in [0.05, 0.1) is 6.20 Å². The molecule has 1 N–H and O–H groups in total. The molecule has 0 aliphatic carbocycles. The molecule has 2 heterocycles. The number of ether oxygens (including phenoxy) is 1. The Morgan fingerprint density at radius 3 is 2.86 bits per heavy atom. The number of hydrogen-bond donors (Lipinski definition) is 1. The number of nitrogens with zero attached hydrogens (tertiary/aromatic N) is 3. The molecule has 0 radical (unpaired) electrons. The lowest BCUT2D eigenvalue weighted by Crippen LogP contribution is -2.04. The molecule has 0 aliphatic heterocycles. The maximum atomic E-state index is 5.87. The Bertz CT molecular complexity index is 739. The Balaban J connectivity index is 1.95. The summed E-state index contributed by atoms with van der Waals surface area (Å²) in [5.74, 6) is 1.99. The van der Waals surface area contributed by atoms with E-state index in [1.54, 1.807) is 6.20 Å². The lowest BCUT2D eigenvalue weighted by atomic mass is 10.3. The molecule has 5 nitrogen and oxygen atoms in total. The van der Waals surface area contributed by atoms with Crippen molar-refractivity contribution in [1.29, 1.82) is 0 Å². The number of anilines is 1. The number of nitrogens with one attached hydrogen (secondary N) is 1. The molecule has 0 unspecified atom stereocenters. The average molecular weight is 347 g/mol. The molecule has 108 valence electrons. The molecule has 0 bridgehead atoms. The van der Waals surface area contributed by atoms with Gasteiger partial charge in [-0.25, -0.2) is 4.98 Å². The van der Waals surface area contributed by atoms with E-state index in [2.05, 4.69) is 38.1 Å². The maximum absolute atomic E-state index is 5.87. The van der Waals surface area contributed by atoms with Gasteiger partial charge in [0.2, 0.25) is 5.65 Å². The standard InChI is InChI=1S/C15H15BrN4O/c1-2-7-17-13-10-20-9-8-18-14(20)15(19-13)21-12-5-3-11(16)4-6-12/h3-6,8-10,17H,2,7H2,1H3. The number of halogens is 1. The molecule has 3 rings (SSSR count). The first-order chi connectivity index (χ1) is 10.3. The number of aromatic nitrogens is 3. The van der Waals surface area contributed by atoms with Crippen LogP contribution >= 0.6 is 15.9 Å². The fourth-order valence-electron chi connectivity index (χ4n) is 1.92. The van der Waals surface area contributed by atoms with Crippen LogP contribution in [0.25, 0.3) is 5.65 Å². The molecule has 21 heavy (non-hydrogen) atoms. The maximum Gasteiger partial charge on any atom is 0.265 e. The molecule has 0 fully saturated rings. The van der Waals surface area contributed by atoms with Gasteiger partial charge in [0.25, 0.3) is 5.88 Å². The molecule has 0 spiro atoms. The van der Waals surface area contributed by atoms with E-state index in [0.717, 1.165) is 29.0 Å². The molecule has 2 aromatic heterocycles. The predicted octanol–water partition coefficient (Wildman–Crippen LogP) is 4.11. The van der Waals surface area contributed by atoms with Crippen LogP contribution in [-0.2, 0) is 0 Å². The van der Waals surface area contributed by atoms with Gasteiger partial charge in [0.15, 0.2) is 0 Å². The van der Waals surface area contributed by atoms with Crippen molar-refractivity contribution < 1.29 is 4.74 Å². The van der Waals surface area contributed by atoms with Crippen LogP contribution in [0.15, 0.2) is 47.3 Å². The lowest BCUT2D eigenvalue weighted by Gasteiger charge is -2.10. The normalized spacial score (nSPS) is 10.8. The summed E-state index contributed by atoms with van der Waals surface area (Å²) in [7, 11) is 0. The topological polar surface area (TPSA) is 51.5 Å². The fourth-order valence-corrected chi connectivity index (χ4v) is 2.19. The Hall–Kier alpha value is -2.08. The predicted molar refractivity (Wildman–Crippen MR) is 86.0 cm³/mol. The quantitative estimate of drug-likeness (QED) is 0.755. The molecule has 0 aliphatic rings.